The number of rotatable bonds is 24. The summed E-state index contributed by atoms with van der Waals surface area (Å²) in [5.74, 6) is 1.19. The summed E-state index contributed by atoms with van der Waals surface area (Å²) in [7, 11) is 0. The smallest absolute Gasteiger partial charge is 0.149 e. The largest absolute Gasteiger partial charge is 0.355 e. The van der Waals surface area contributed by atoms with Crippen LogP contribution in [0.5, 0.6) is 0 Å². The topological polar surface area (TPSA) is 27.7 Å². The highest BCUT2D eigenvalue weighted by Gasteiger charge is 1.96. The fourth-order valence-electron chi connectivity index (χ4n) is 2.98. The van der Waals surface area contributed by atoms with E-state index in [9.17, 15) is 0 Å². The molecule has 0 heterocycles. The number of unbranched alkanes of at least 4 members (excludes halogenated alkanes) is 10. The maximum atomic E-state index is 5.72. The molecule has 0 aliphatic carbocycles. The van der Waals surface area contributed by atoms with Crippen molar-refractivity contribution in [1.29, 1.82) is 0 Å². The van der Waals surface area contributed by atoms with Crippen LogP contribution < -0.4 is 0 Å². The van der Waals surface area contributed by atoms with E-state index in [1.54, 1.807) is 0 Å². The standard InChI is InChI=1S/C24H44Cl2O3/c1-23(19-25)15-11-7-3-5-9-13-17-27-21-29-22-28-18-14-10-6-4-8-12-16-24(2)20-26/h1-22H2. The molecule has 0 N–H and O–H groups in total. The van der Waals surface area contributed by atoms with Gasteiger partial charge in [-0.25, -0.2) is 0 Å². The molecule has 0 aromatic rings. The molecular weight excluding hydrogens is 407 g/mol. The lowest BCUT2D eigenvalue weighted by molar-refractivity contribution is -0.131. The van der Waals surface area contributed by atoms with Gasteiger partial charge in [-0.3, -0.25) is 0 Å². The summed E-state index contributed by atoms with van der Waals surface area (Å²) in [6.45, 7) is 10.0. The second-order valence-corrected chi connectivity index (χ2v) is 8.30. The summed E-state index contributed by atoms with van der Waals surface area (Å²) in [5, 5.41) is 0. The van der Waals surface area contributed by atoms with Gasteiger partial charge in [0.25, 0.3) is 0 Å². The van der Waals surface area contributed by atoms with Crippen molar-refractivity contribution in [2.45, 2.75) is 89.9 Å². The van der Waals surface area contributed by atoms with Crippen LogP contribution >= 0.6 is 23.2 Å². The van der Waals surface area contributed by atoms with Crippen molar-refractivity contribution in [2.75, 3.05) is 38.6 Å². The van der Waals surface area contributed by atoms with Crippen LogP contribution in [0.2, 0.25) is 0 Å². The zero-order chi connectivity index (χ0) is 21.4. The molecule has 0 rings (SSSR count). The van der Waals surface area contributed by atoms with Gasteiger partial charge in [-0.15, -0.1) is 23.2 Å². The zero-order valence-electron chi connectivity index (χ0n) is 18.5. The molecule has 0 aromatic carbocycles. The van der Waals surface area contributed by atoms with E-state index in [1.807, 2.05) is 0 Å². The minimum absolute atomic E-state index is 0.328. The Kier molecular flexibility index (Phi) is 24.2. The van der Waals surface area contributed by atoms with Crippen LogP contribution in [-0.4, -0.2) is 38.6 Å². The highest BCUT2D eigenvalue weighted by atomic mass is 35.5. The molecule has 0 unspecified atom stereocenters. The van der Waals surface area contributed by atoms with Crippen molar-refractivity contribution in [3.63, 3.8) is 0 Å². The first-order valence-electron chi connectivity index (χ1n) is 11.4. The molecule has 3 nitrogen and oxygen atoms in total. The predicted octanol–water partition coefficient (Wildman–Crippen LogP) is 8.00. The van der Waals surface area contributed by atoms with Crippen LogP contribution in [0.3, 0.4) is 0 Å². The van der Waals surface area contributed by atoms with E-state index in [2.05, 4.69) is 13.2 Å². The third-order valence-electron chi connectivity index (χ3n) is 4.85. The highest BCUT2D eigenvalue weighted by molar-refractivity contribution is 6.19. The van der Waals surface area contributed by atoms with Crippen molar-refractivity contribution in [2.24, 2.45) is 0 Å². The summed E-state index contributed by atoms with van der Waals surface area (Å²) in [4.78, 5) is 0. The second-order valence-electron chi connectivity index (χ2n) is 7.77. The lowest BCUT2D eigenvalue weighted by Gasteiger charge is -2.07. The molecule has 0 radical (unpaired) electrons. The minimum atomic E-state index is 0.328. The van der Waals surface area contributed by atoms with Gasteiger partial charge in [0.2, 0.25) is 0 Å². The SMILES string of the molecule is C=C(CCl)CCCCCCCCOCOCOCCCCCCCCC(=C)CCl. The predicted molar refractivity (Wildman–Crippen MR) is 127 cm³/mol. The first-order valence-corrected chi connectivity index (χ1v) is 12.5. The molecule has 0 aromatic heterocycles. The Morgan fingerprint density at radius 3 is 1.21 bits per heavy atom. The number of hydrogen-bond donors (Lipinski definition) is 0. The molecule has 0 saturated carbocycles. The molecular formula is C24H44Cl2O3. The summed E-state index contributed by atoms with van der Waals surface area (Å²) in [5.41, 5.74) is 2.31. The van der Waals surface area contributed by atoms with Gasteiger partial charge in [0.05, 0.1) is 0 Å². The fourth-order valence-corrected chi connectivity index (χ4v) is 3.24. The van der Waals surface area contributed by atoms with Crippen molar-refractivity contribution < 1.29 is 14.2 Å². The third-order valence-corrected chi connectivity index (χ3v) is 5.61. The van der Waals surface area contributed by atoms with Crippen LogP contribution in [-0.2, 0) is 14.2 Å². The van der Waals surface area contributed by atoms with E-state index in [4.69, 9.17) is 37.4 Å². The molecule has 0 bridgehead atoms. The van der Waals surface area contributed by atoms with Gasteiger partial charge >= 0.3 is 0 Å². The van der Waals surface area contributed by atoms with E-state index >= 15 is 0 Å². The molecule has 5 heteroatoms. The zero-order valence-corrected chi connectivity index (χ0v) is 20.0. The molecule has 0 aliphatic rings. The number of ether oxygens (including phenoxy) is 3. The average Bonchev–Trinajstić information content (AvgIpc) is 2.74. The molecule has 0 aliphatic heterocycles. The van der Waals surface area contributed by atoms with Crippen LogP contribution in [0.4, 0.5) is 0 Å². The monoisotopic (exact) mass is 450 g/mol. The first kappa shape index (κ1) is 28.9. The molecule has 172 valence electrons. The number of halogens is 2. The molecule has 0 spiro atoms. The van der Waals surface area contributed by atoms with Gasteiger partial charge in [-0.1, -0.05) is 75.7 Å². The van der Waals surface area contributed by atoms with Crippen LogP contribution in [0, 0.1) is 0 Å². The number of allylic oxidation sites excluding steroid dienone is 2. The first-order chi connectivity index (χ1) is 14.2. The van der Waals surface area contributed by atoms with E-state index in [0.29, 0.717) is 25.3 Å². The second kappa shape index (κ2) is 24.2. The summed E-state index contributed by atoms with van der Waals surface area (Å²) < 4.78 is 16.3. The Balaban J connectivity index is 3.05. The molecule has 0 saturated heterocycles. The van der Waals surface area contributed by atoms with Crippen molar-refractivity contribution in [3.05, 3.63) is 24.3 Å². The quantitative estimate of drug-likeness (QED) is 0.0644. The van der Waals surface area contributed by atoms with Gasteiger partial charge in [0.15, 0.2) is 0 Å². The van der Waals surface area contributed by atoms with E-state index < -0.39 is 0 Å². The Bertz CT molecular complexity index is 341. The maximum absolute atomic E-state index is 5.72. The normalized spacial score (nSPS) is 11.1. The summed E-state index contributed by atoms with van der Waals surface area (Å²) in [6, 6.07) is 0. The van der Waals surface area contributed by atoms with Gasteiger partial charge in [0, 0.05) is 25.0 Å². The van der Waals surface area contributed by atoms with Gasteiger partial charge in [0.1, 0.15) is 13.6 Å². The lowest BCUT2D eigenvalue weighted by atomic mass is 10.1. The fraction of sp³-hybridized carbons (Fsp3) is 0.833. The van der Waals surface area contributed by atoms with Crippen LogP contribution in [0.1, 0.15) is 89.9 Å². The van der Waals surface area contributed by atoms with Gasteiger partial charge in [-0.05, 0) is 38.5 Å². The van der Waals surface area contributed by atoms with Crippen LogP contribution in [0.15, 0.2) is 24.3 Å². The van der Waals surface area contributed by atoms with Gasteiger partial charge in [-0.2, -0.15) is 0 Å². The Hall–Kier alpha value is -0.0600. The van der Waals surface area contributed by atoms with Crippen molar-refractivity contribution >= 4 is 23.2 Å². The van der Waals surface area contributed by atoms with Crippen molar-refractivity contribution in [1.82, 2.24) is 0 Å². The Labute approximate surface area is 190 Å². The number of alkyl halides is 2. The van der Waals surface area contributed by atoms with E-state index in [-0.39, 0.29) is 0 Å². The van der Waals surface area contributed by atoms with E-state index in [0.717, 1.165) is 50.0 Å². The molecule has 0 amide bonds. The molecule has 0 fully saturated rings. The minimum Gasteiger partial charge on any atom is -0.355 e. The number of hydrogen-bond acceptors (Lipinski definition) is 3. The van der Waals surface area contributed by atoms with E-state index in [1.165, 1.54) is 64.2 Å². The Morgan fingerprint density at radius 1 is 0.483 bits per heavy atom. The molecule has 0 atom stereocenters. The molecule has 29 heavy (non-hydrogen) atoms. The van der Waals surface area contributed by atoms with Gasteiger partial charge < -0.3 is 14.2 Å². The maximum Gasteiger partial charge on any atom is 0.149 e. The van der Waals surface area contributed by atoms with Crippen molar-refractivity contribution in [3.8, 4) is 0 Å². The third kappa shape index (κ3) is 24.1. The summed E-state index contributed by atoms with van der Waals surface area (Å²) in [6.07, 6.45) is 16.8. The lowest BCUT2D eigenvalue weighted by Crippen LogP contribution is -2.06. The van der Waals surface area contributed by atoms with Crippen LogP contribution in [0.25, 0.3) is 0 Å². The summed E-state index contributed by atoms with van der Waals surface area (Å²) >= 11 is 11.4. The Morgan fingerprint density at radius 2 is 0.828 bits per heavy atom. The average molecular weight is 452 g/mol. The highest BCUT2D eigenvalue weighted by Crippen LogP contribution is 2.12.